The van der Waals surface area contributed by atoms with E-state index in [2.05, 4.69) is 5.32 Å². The lowest BCUT2D eigenvalue weighted by molar-refractivity contribution is -0.127. The molecule has 2 aliphatic heterocycles. The van der Waals surface area contributed by atoms with E-state index in [4.69, 9.17) is 4.74 Å². The van der Waals surface area contributed by atoms with Crippen molar-refractivity contribution in [2.45, 2.75) is 43.9 Å². The average Bonchev–Trinajstić information content (AvgIpc) is 3.31. The lowest BCUT2D eigenvalue weighted by Gasteiger charge is -2.25. The molecule has 3 amide bonds. The van der Waals surface area contributed by atoms with Crippen LogP contribution in [0.3, 0.4) is 0 Å². The largest absolute Gasteiger partial charge is 0.445 e. The topological polar surface area (TPSA) is 113 Å². The number of nitrogens with one attached hydrogen (secondary N) is 1. The first-order valence-electron chi connectivity index (χ1n) is 10.6. The van der Waals surface area contributed by atoms with Crippen LogP contribution in [0.25, 0.3) is 0 Å². The Hall–Kier alpha value is -3.40. The van der Waals surface area contributed by atoms with Crippen molar-refractivity contribution in [2.75, 3.05) is 11.9 Å². The van der Waals surface area contributed by atoms with Gasteiger partial charge in [0, 0.05) is 19.2 Å². The summed E-state index contributed by atoms with van der Waals surface area (Å²) in [5.41, 5.74) is 1.29. The molecule has 0 spiro atoms. The highest BCUT2D eigenvalue weighted by Crippen LogP contribution is 2.40. The molecule has 2 aliphatic rings. The van der Waals surface area contributed by atoms with E-state index in [-0.39, 0.29) is 17.4 Å². The summed E-state index contributed by atoms with van der Waals surface area (Å²) in [5.74, 6) is -1.51. The van der Waals surface area contributed by atoms with E-state index in [0.717, 1.165) is 9.87 Å². The van der Waals surface area contributed by atoms with E-state index in [9.17, 15) is 22.8 Å². The second kappa shape index (κ2) is 8.86. The minimum atomic E-state index is -4.13. The van der Waals surface area contributed by atoms with Crippen molar-refractivity contribution in [3.8, 4) is 0 Å². The molecule has 2 heterocycles. The summed E-state index contributed by atoms with van der Waals surface area (Å²) >= 11 is 0. The predicted octanol–water partition coefficient (Wildman–Crippen LogP) is 2.59. The van der Waals surface area contributed by atoms with E-state index in [1.165, 1.54) is 36.1 Å². The fourth-order valence-corrected chi connectivity index (χ4v) is 6.20. The van der Waals surface area contributed by atoms with Gasteiger partial charge in [-0.2, -0.15) is 0 Å². The first-order chi connectivity index (χ1) is 15.7. The van der Waals surface area contributed by atoms with Crippen molar-refractivity contribution in [3.63, 3.8) is 0 Å². The maximum Gasteiger partial charge on any atom is 0.410 e. The normalized spacial score (nSPS) is 22.2. The minimum absolute atomic E-state index is 0.0529. The van der Waals surface area contributed by atoms with E-state index < -0.39 is 40.0 Å². The Kier molecular flexibility index (Phi) is 6.11. The van der Waals surface area contributed by atoms with Crippen LogP contribution in [0.1, 0.15) is 25.8 Å². The number of hydrogen-bond acceptors (Lipinski definition) is 6. The number of fused-ring (bicyclic) bond motifs is 1. The third kappa shape index (κ3) is 4.30. The van der Waals surface area contributed by atoms with Crippen LogP contribution in [-0.2, 0) is 31.0 Å². The zero-order valence-electron chi connectivity index (χ0n) is 18.3. The van der Waals surface area contributed by atoms with Gasteiger partial charge in [0.15, 0.2) is 0 Å². The standard InChI is InChI=1S/C23H25N3O6S/c1-15-21-20(12-13-25(21)23(29)32-14-17-6-4-3-5-7-17)26(22(15)28)33(30,31)19-10-8-18(9-11-19)24-16(2)27/h3-11,15,20-21H,12-14H2,1-2H3,(H,24,27)/t15-,20-,21+/m0/s1. The van der Waals surface area contributed by atoms with Crippen LogP contribution in [0.4, 0.5) is 10.5 Å². The number of anilines is 1. The SMILES string of the molecule is CC(=O)Nc1ccc(S(=O)(=O)N2C(=O)[C@@H](C)[C@@H]3[C@@H]2CCN3C(=O)OCc2ccccc2)cc1. The Balaban J connectivity index is 1.52. The van der Waals surface area contributed by atoms with Gasteiger partial charge >= 0.3 is 6.09 Å². The van der Waals surface area contributed by atoms with Crippen molar-refractivity contribution >= 4 is 33.6 Å². The third-order valence-electron chi connectivity index (χ3n) is 6.01. The molecular weight excluding hydrogens is 446 g/mol. The number of carbonyl (C=O) groups excluding carboxylic acids is 3. The highest BCUT2D eigenvalue weighted by Gasteiger charge is 2.57. The van der Waals surface area contributed by atoms with Gasteiger partial charge in [-0.25, -0.2) is 17.5 Å². The van der Waals surface area contributed by atoms with Gasteiger partial charge in [-0.15, -0.1) is 0 Å². The van der Waals surface area contributed by atoms with Crippen LogP contribution in [0, 0.1) is 5.92 Å². The molecule has 1 N–H and O–H groups in total. The van der Waals surface area contributed by atoms with Gasteiger partial charge < -0.3 is 15.0 Å². The fourth-order valence-electron chi connectivity index (χ4n) is 4.51. The summed E-state index contributed by atoms with van der Waals surface area (Å²) in [7, 11) is -4.13. The van der Waals surface area contributed by atoms with E-state index >= 15 is 0 Å². The van der Waals surface area contributed by atoms with Crippen molar-refractivity contribution in [2.24, 2.45) is 5.92 Å². The molecule has 4 rings (SSSR count). The van der Waals surface area contributed by atoms with Crippen LogP contribution in [0.2, 0.25) is 0 Å². The van der Waals surface area contributed by atoms with Crippen molar-refractivity contribution in [1.29, 1.82) is 0 Å². The second-order valence-electron chi connectivity index (χ2n) is 8.21. The molecular formula is C23H25N3O6S. The second-order valence-corrected chi connectivity index (χ2v) is 10.0. The monoisotopic (exact) mass is 471 g/mol. The number of hydrogen-bond donors (Lipinski definition) is 1. The number of ether oxygens (including phenoxy) is 1. The van der Waals surface area contributed by atoms with E-state index in [0.29, 0.717) is 18.7 Å². The van der Waals surface area contributed by atoms with Crippen LogP contribution in [0.5, 0.6) is 0 Å². The highest BCUT2D eigenvalue weighted by atomic mass is 32.2. The first-order valence-corrected chi connectivity index (χ1v) is 12.1. The smallest absolute Gasteiger partial charge is 0.410 e. The van der Waals surface area contributed by atoms with Crippen LogP contribution >= 0.6 is 0 Å². The van der Waals surface area contributed by atoms with Gasteiger partial charge in [0.25, 0.3) is 10.0 Å². The molecule has 174 valence electrons. The third-order valence-corrected chi connectivity index (χ3v) is 7.85. The summed E-state index contributed by atoms with van der Waals surface area (Å²) < 4.78 is 33.0. The molecule has 0 aliphatic carbocycles. The highest BCUT2D eigenvalue weighted by molar-refractivity contribution is 7.89. The summed E-state index contributed by atoms with van der Waals surface area (Å²) in [4.78, 5) is 38.4. The number of rotatable bonds is 5. The molecule has 0 unspecified atom stereocenters. The number of likely N-dealkylation sites (tertiary alicyclic amines) is 1. The number of benzene rings is 2. The predicted molar refractivity (Wildman–Crippen MR) is 119 cm³/mol. The zero-order chi connectivity index (χ0) is 23.8. The number of carbonyl (C=O) groups is 3. The Labute approximate surface area is 192 Å². The van der Waals surface area contributed by atoms with Gasteiger partial charge in [0.2, 0.25) is 11.8 Å². The molecule has 0 aromatic heterocycles. The van der Waals surface area contributed by atoms with Gasteiger partial charge in [0.1, 0.15) is 6.61 Å². The summed E-state index contributed by atoms with van der Waals surface area (Å²) in [5, 5.41) is 2.58. The minimum Gasteiger partial charge on any atom is -0.445 e. The van der Waals surface area contributed by atoms with E-state index in [1.54, 1.807) is 6.92 Å². The summed E-state index contributed by atoms with van der Waals surface area (Å²) in [6, 6.07) is 13.6. The Morgan fingerprint density at radius 2 is 1.76 bits per heavy atom. The Morgan fingerprint density at radius 1 is 1.09 bits per heavy atom. The quantitative estimate of drug-likeness (QED) is 0.717. The molecule has 0 saturated carbocycles. The van der Waals surface area contributed by atoms with Crippen molar-refractivity contribution < 1.29 is 27.5 Å². The number of nitrogens with zero attached hydrogens (tertiary/aromatic N) is 2. The molecule has 10 heteroatoms. The molecule has 0 bridgehead atoms. The zero-order valence-corrected chi connectivity index (χ0v) is 19.1. The lowest BCUT2D eigenvalue weighted by atomic mass is 10.0. The van der Waals surface area contributed by atoms with Crippen molar-refractivity contribution in [3.05, 3.63) is 60.2 Å². The van der Waals surface area contributed by atoms with Crippen LogP contribution in [0.15, 0.2) is 59.5 Å². The van der Waals surface area contributed by atoms with E-state index in [1.807, 2.05) is 30.3 Å². The summed E-state index contributed by atoms with van der Waals surface area (Å²) in [6.07, 6.45) is -0.227. The molecule has 0 radical (unpaired) electrons. The summed E-state index contributed by atoms with van der Waals surface area (Å²) in [6.45, 7) is 3.39. The number of amides is 3. The molecule has 2 saturated heterocycles. The Morgan fingerprint density at radius 3 is 2.39 bits per heavy atom. The molecule has 2 fully saturated rings. The average molecular weight is 472 g/mol. The van der Waals surface area contributed by atoms with Crippen LogP contribution < -0.4 is 5.32 Å². The van der Waals surface area contributed by atoms with Gasteiger partial charge in [-0.3, -0.25) is 9.59 Å². The maximum absolute atomic E-state index is 13.3. The van der Waals surface area contributed by atoms with Crippen LogP contribution in [-0.4, -0.2) is 54.2 Å². The van der Waals surface area contributed by atoms with Crippen molar-refractivity contribution in [1.82, 2.24) is 9.21 Å². The van der Waals surface area contributed by atoms with Gasteiger partial charge in [0.05, 0.1) is 22.9 Å². The maximum atomic E-state index is 13.3. The molecule has 9 nitrogen and oxygen atoms in total. The number of sulfonamides is 1. The molecule has 2 aromatic carbocycles. The van der Waals surface area contributed by atoms with Gasteiger partial charge in [-0.05, 0) is 36.2 Å². The lowest BCUT2D eigenvalue weighted by Crippen LogP contribution is -2.43. The van der Waals surface area contributed by atoms with Gasteiger partial charge in [-0.1, -0.05) is 37.3 Å². The molecule has 2 aromatic rings. The fraction of sp³-hybridized carbons (Fsp3) is 0.348. The Bertz CT molecular complexity index is 1170. The molecule has 3 atom stereocenters. The first kappa shape index (κ1) is 22.8. The molecule has 33 heavy (non-hydrogen) atoms.